The fourth-order valence-electron chi connectivity index (χ4n) is 3.29. The molecule has 154 valence electrons. The first-order chi connectivity index (χ1) is 14.6. The first-order valence-electron chi connectivity index (χ1n) is 9.25. The number of ether oxygens (including phenoxy) is 2. The Balaban J connectivity index is 1.67. The van der Waals surface area contributed by atoms with Gasteiger partial charge in [-0.1, -0.05) is 6.07 Å². The van der Waals surface area contributed by atoms with E-state index in [1.54, 1.807) is 38.0 Å². The van der Waals surface area contributed by atoms with Crippen LogP contribution in [0.2, 0.25) is 0 Å². The van der Waals surface area contributed by atoms with Gasteiger partial charge in [-0.3, -0.25) is 9.78 Å². The van der Waals surface area contributed by atoms with Gasteiger partial charge in [-0.05, 0) is 57.4 Å². The molecule has 3 aromatic heterocycles. The zero-order valence-corrected chi connectivity index (χ0v) is 18.9. The molecule has 0 spiro atoms. The number of amides is 1. The molecule has 4 aromatic rings. The Hall–Kier alpha value is -2.84. The van der Waals surface area contributed by atoms with Gasteiger partial charge in [0.1, 0.15) is 17.2 Å². The van der Waals surface area contributed by atoms with Gasteiger partial charge in [-0.15, -0.1) is 11.3 Å². The fourth-order valence-corrected chi connectivity index (χ4v) is 4.85. The monoisotopic (exact) mass is 485 g/mol. The number of fused-ring (bicyclic) bond motifs is 1. The van der Waals surface area contributed by atoms with Gasteiger partial charge in [-0.25, -0.2) is 0 Å². The quantitative estimate of drug-likeness (QED) is 0.406. The van der Waals surface area contributed by atoms with Crippen LogP contribution in [0.15, 0.2) is 58.6 Å². The lowest BCUT2D eigenvalue weighted by molar-refractivity contribution is 0.0942. The van der Waals surface area contributed by atoms with Crippen molar-refractivity contribution in [1.29, 1.82) is 0 Å². The number of pyridine rings is 1. The maximum atomic E-state index is 13.0. The van der Waals surface area contributed by atoms with Gasteiger partial charge in [0.15, 0.2) is 0 Å². The highest BCUT2D eigenvalue weighted by atomic mass is 79.9. The Bertz CT molecular complexity index is 1170. The van der Waals surface area contributed by atoms with E-state index in [1.165, 1.54) is 0 Å². The van der Waals surface area contributed by atoms with Crippen LogP contribution in [-0.2, 0) is 13.1 Å². The number of carbonyl (C=O) groups is 1. The second-order valence-corrected chi connectivity index (χ2v) is 9.14. The Morgan fingerprint density at radius 3 is 2.57 bits per heavy atom. The van der Waals surface area contributed by atoms with Gasteiger partial charge >= 0.3 is 0 Å². The third-order valence-corrected chi connectivity index (χ3v) is 6.29. The van der Waals surface area contributed by atoms with Crippen molar-refractivity contribution >= 4 is 43.4 Å². The molecule has 0 fully saturated rings. The third-order valence-electron chi connectivity index (χ3n) is 4.72. The van der Waals surface area contributed by atoms with Crippen LogP contribution in [0.25, 0.3) is 10.2 Å². The van der Waals surface area contributed by atoms with Crippen LogP contribution in [0.1, 0.15) is 21.6 Å². The average Bonchev–Trinajstić information content (AvgIpc) is 3.29. The molecular weight excluding hydrogens is 466 g/mol. The summed E-state index contributed by atoms with van der Waals surface area (Å²) in [6.45, 7) is 0.929. The van der Waals surface area contributed by atoms with Crippen molar-refractivity contribution in [2.45, 2.75) is 13.1 Å². The Morgan fingerprint density at radius 2 is 1.90 bits per heavy atom. The lowest BCUT2D eigenvalue weighted by Crippen LogP contribution is -2.25. The van der Waals surface area contributed by atoms with Gasteiger partial charge < -0.3 is 19.4 Å². The summed E-state index contributed by atoms with van der Waals surface area (Å²) >= 11 is 5.15. The summed E-state index contributed by atoms with van der Waals surface area (Å²) in [6, 6.07) is 13.5. The lowest BCUT2D eigenvalue weighted by atomic mass is 10.2. The summed E-state index contributed by atoms with van der Waals surface area (Å²) in [6.07, 6.45) is 3.46. The van der Waals surface area contributed by atoms with Crippen molar-refractivity contribution < 1.29 is 14.3 Å². The maximum absolute atomic E-state index is 13.0. The first-order valence-corrected chi connectivity index (χ1v) is 10.9. The Morgan fingerprint density at radius 1 is 1.13 bits per heavy atom. The number of methoxy groups -OCH3 is 2. The van der Waals surface area contributed by atoms with Crippen molar-refractivity contribution in [3.8, 4) is 11.5 Å². The largest absolute Gasteiger partial charge is 0.497 e. The highest BCUT2D eigenvalue weighted by Crippen LogP contribution is 2.33. The van der Waals surface area contributed by atoms with E-state index >= 15 is 0 Å². The second kappa shape index (κ2) is 8.89. The number of hydrogen-bond donors (Lipinski definition) is 1. The van der Waals surface area contributed by atoms with Gasteiger partial charge in [0.25, 0.3) is 5.91 Å². The summed E-state index contributed by atoms with van der Waals surface area (Å²) in [7, 11) is 3.25. The van der Waals surface area contributed by atoms with Crippen molar-refractivity contribution in [2.24, 2.45) is 0 Å². The molecule has 0 saturated carbocycles. The van der Waals surface area contributed by atoms with Crippen LogP contribution in [0.3, 0.4) is 0 Å². The summed E-state index contributed by atoms with van der Waals surface area (Å²) in [5, 5.41) is 3.00. The fraction of sp³-hybridized carbons (Fsp3) is 0.182. The summed E-state index contributed by atoms with van der Waals surface area (Å²) < 4.78 is 14.9. The number of rotatable bonds is 7. The molecule has 0 radical (unpaired) electrons. The molecule has 6 nitrogen and oxygen atoms in total. The minimum Gasteiger partial charge on any atom is -0.497 e. The van der Waals surface area contributed by atoms with Crippen LogP contribution in [0, 0.1) is 0 Å². The molecule has 0 bridgehead atoms. The summed E-state index contributed by atoms with van der Waals surface area (Å²) in [5.41, 5.74) is 3.54. The van der Waals surface area contributed by atoms with Gasteiger partial charge in [0.2, 0.25) is 0 Å². The standard InChI is InChI=1S/C22H20BrN3O3S/c1-28-16-6-15(7-17(8-16)29-2)13-26-18-10-21(23)30-20(18)9-19(26)22(27)25-12-14-4-3-5-24-11-14/h3-11H,12-13H2,1-2H3,(H,25,27). The molecule has 8 heteroatoms. The molecule has 4 rings (SSSR count). The SMILES string of the molecule is COc1cc(Cn2c(C(=O)NCc3cccnc3)cc3sc(Br)cc32)cc(OC)c1. The number of aromatic nitrogens is 2. The summed E-state index contributed by atoms with van der Waals surface area (Å²) in [4.78, 5) is 17.1. The Labute approximate surface area is 186 Å². The molecule has 3 heterocycles. The van der Waals surface area contributed by atoms with E-state index in [4.69, 9.17) is 9.47 Å². The van der Waals surface area contributed by atoms with Crippen LogP contribution in [-0.4, -0.2) is 29.7 Å². The average molecular weight is 486 g/mol. The molecule has 1 aromatic carbocycles. The molecule has 1 N–H and O–H groups in total. The highest BCUT2D eigenvalue weighted by Gasteiger charge is 2.18. The van der Waals surface area contributed by atoms with Gasteiger partial charge in [0, 0.05) is 31.5 Å². The van der Waals surface area contributed by atoms with Crippen LogP contribution in [0.5, 0.6) is 11.5 Å². The van der Waals surface area contributed by atoms with Crippen molar-refractivity contribution in [3.05, 3.63) is 75.5 Å². The topological polar surface area (TPSA) is 65.4 Å². The number of hydrogen-bond acceptors (Lipinski definition) is 5. The highest BCUT2D eigenvalue weighted by molar-refractivity contribution is 9.11. The van der Waals surface area contributed by atoms with Crippen LogP contribution >= 0.6 is 27.3 Å². The first kappa shape index (κ1) is 20.4. The number of halogens is 1. The molecule has 1 amide bonds. The molecule has 0 saturated heterocycles. The third kappa shape index (κ3) is 4.34. The van der Waals surface area contributed by atoms with E-state index in [0.29, 0.717) is 30.3 Å². The molecule has 0 aliphatic carbocycles. The lowest BCUT2D eigenvalue weighted by Gasteiger charge is -2.13. The molecule has 0 aliphatic rings. The van der Waals surface area contributed by atoms with E-state index in [2.05, 4.69) is 26.2 Å². The molecule has 0 aliphatic heterocycles. The summed E-state index contributed by atoms with van der Waals surface area (Å²) in [5.74, 6) is 1.29. The van der Waals surface area contributed by atoms with E-state index in [-0.39, 0.29) is 5.91 Å². The zero-order chi connectivity index (χ0) is 21.1. The van der Waals surface area contributed by atoms with Crippen molar-refractivity contribution in [1.82, 2.24) is 14.9 Å². The molecule has 30 heavy (non-hydrogen) atoms. The van der Waals surface area contributed by atoms with E-state index in [0.717, 1.165) is 25.1 Å². The normalized spacial score (nSPS) is 10.9. The van der Waals surface area contributed by atoms with E-state index in [1.807, 2.05) is 47.0 Å². The number of nitrogens with one attached hydrogen (secondary N) is 1. The zero-order valence-electron chi connectivity index (χ0n) is 16.5. The minimum atomic E-state index is -0.131. The number of thiophene rings is 1. The number of nitrogens with zero attached hydrogens (tertiary/aromatic N) is 2. The molecule has 0 atom stereocenters. The smallest absolute Gasteiger partial charge is 0.268 e. The van der Waals surface area contributed by atoms with E-state index < -0.39 is 0 Å². The van der Waals surface area contributed by atoms with Crippen LogP contribution < -0.4 is 14.8 Å². The minimum absolute atomic E-state index is 0.131. The Kier molecular flexibility index (Phi) is 6.06. The predicted molar refractivity (Wildman–Crippen MR) is 122 cm³/mol. The van der Waals surface area contributed by atoms with Gasteiger partial charge in [0.05, 0.1) is 28.2 Å². The predicted octanol–water partition coefficient (Wildman–Crippen LogP) is 4.86. The molecule has 0 unspecified atom stereocenters. The molecular formula is C22H20BrN3O3S. The number of benzene rings is 1. The number of carbonyl (C=O) groups excluding carboxylic acids is 1. The van der Waals surface area contributed by atoms with Gasteiger partial charge in [-0.2, -0.15) is 0 Å². The van der Waals surface area contributed by atoms with Crippen molar-refractivity contribution in [2.75, 3.05) is 14.2 Å². The second-order valence-electron chi connectivity index (χ2n) is 6.68. The van der Waals surface area contributed by atoms with Crippen LogP contribution in [0.4, 0.5) is 0 Å². The van der Waals surface area contributed by atoms with E-state index in [9.17, 15) is 4.79 Å². The van der Waals surface area contributed by atoms with Crippen molar-refractivity contribution in [3.63, 3.8) is 0 Å². The maximum Gasteiger partial charge on any atom is 0.268 e.